The lowest BCUT2D eigenvalue weighted by Gasteiger charge is -2.17. The van der Waals surface area contributed by atoms with E-state index in [0.29, 0.717) is 0 Å². The molecule has 2 aromatic carbocycles. The Hall–Kier alpha value is -2.62. The van der Waals surface area contributed by atoms with Crippen LogP contribution in [0.5, 0.6) is 0 Å². The van der Waals surface area contributed by atoms with Crippen LogP contribution in [0.4, 0.5) is 0 Å². The van der Waals surface area contributed by atoms with Crippen LogP contribution >= 0.6 is 0 Å². The first-order valence-electron chi connectivity index (χ1n) is 7.67. The minimum Gasteiger partial charge on any atom is -0.480 e. The van der Waals surface area contributed by atoms with Gasteiger partial charge >= 0.3 is 5.97 Å². The summed E-state index contributed by atoms with van der Waals surface area (Å²) in [5.41, 5.74) is 1.95. The van der Waals surface area contributed by atoms with E-state index in [1.54, 1.807) is 0 Å². The number of aliphatic carboxylic acids is 1. The van der Waals surface area contributed by atoms with Crippen molar-refractivity contribution in [2.24, 2.45) is 0 Å². The molecule has 2 aromatic rings. The molecule has 0 spiro atoms. The van der Waals surface area contributed by atoms with Crippen LogP contribution in [0.3, 0.4) is 0 Å². The lowest BCUT2D eigenvalue weighted by atomic mass is 9.97. The van der Waals surface area contributed by atoms with Gasteiger partial charge in [-0.2, -0.15) is 0 Å². The molecule has 2 atom stereocenters. The molecule has 0 heterocycles. The number of rotatable bonds is 7. The number of nitrogens with one attached hydrogen (secondary N) is 1. The van der Waals surface area contributed by atoms with Crippen molar-refractivity contribution in [1.82, 2.24) is 5.32 Å². The molecule has 23 heavy (non-hydrogen) atoms. The van der Waals surface area contributed by atoms with Gasteiger partial charge in [0, 0.05) is 12.8 Å². The third-order valence-electron chi connectivity index (χ3n) is 3.78. The van der Waals surface area contributed by atoms with Gasteiger partial charge in [-0.15, -0.1) is 0 Å². The molecular weight excluding hydrogens is 290 g/mol. The summed E-state index contributed by atoms with van der Waals surface area (Å²) in [6.07, 6.45) is 0.546. The van der Waals surface area contributed by atoms with E-state index in [9.17, 15) is 14.7 Å². The van der Waals surface area contributed by atoms with Crippen LogP contribution in [-0.2, 0) is 16.0 Å². The summed E-state index contributed by atoms with van der Waals surface area (Å²) >= 11 is 0. The molecular formula is C19H21NO3. The fourth-order valence-corrected chi connectivity index (χ4v) is 2.48. The average Bonchev–Trinajstić information content (AvgIpc) is 2.56. The molecule has 0 fully saturated rings. The van der Waals surface area contributed by atoms with Gasteiger partial charge < -0.3 is 10.4 Å². The van der Waals surface area contributed by atoms with E-state index < -0.39 is 12.0 Å². The molecule has 0 bridgehead atoms. The molecule has 4 heteroatoms. The second kappa shape index (κ2) is 8.13. The predicted molar refractivity (Wildman–Crippen MR) is 89.2 cm³/mol. The largest absolute Gasteiger partial charge is 0.480 e. The molecule has 0 aliphatic carbocycles. The Labute approximate surface area is 136 Å². The maximum absolute atomic E-state index is 12.2. The summed E-state index contributed by atoms with van der Waals surface area (Å²) < 4.78 is 0. The van der Waals surface area contributed by atoms with Crippen LogP contribution in [0.15, 0.2) is 60.7 Å². The molecule has 0 aromatic heterocycles. The fraction of sp³-hybridized carbons (Fsp3) is 0.263. The zero-order valence-corrected chi connectivity index (χ0v) is 13.1. The quantitative estimate of drug-likeness (QED) is 0.826. The number of carbonyl (C=O) groups is 2. The number of carboxylic acid groups (broad SMARTS) is 1. The number of benzene rings is 2. The predicted octanol–water partition coefficient (Wildman–Crippen LogP) is 2.99. The molecule has 0 aliphatic rings. The van der Waals surface area contributed by atoms with Crippen LogP contribution in [0, 0.1) is 0 Å². The summed E-state index contributed by atoms with van der Waals surface area (Å²) in [4.78, 5) is 23.5. The highest BCUT2D eigenvalue weighted by Gasteiger charge is 2.21. The third-order valence-corrected chi connectivity index (χ3v) is 3.78. The smallest absolute Gasteiger partial charge is 0.326 e. The van der Waals surface area contributed by atoms with Crippen molar-refractivity contribution in [3.63, 3.8) is 0 Å². The summed E-state index contributed by atoms with van der Waals surface area (Å²) in [7, 11) is 0. The molecule has 0 radical (unpaired) electrons. The van der Waals surface area contributed by atoms with Crippen LogP contribution < -0.4 is 5.32 Å². The summed E-state index contributed by atoms with van der Waals surface area (Å²) in [6.45, 7) is 1.96. The molecule has 0 aliphatic heterocycles. The number of carbonyl (C=O) groups excluding carboxylic acids is 1. The molecule has 4 nitrogen and oxygen atoms in total. The summed E-state index contributed by atoms with van der Waals surface area (Å²) in [5.74, 6) is -1.22. The van der Waals surface area contributed by atoms with Crippen LogP contribution in [0.2, 0.25) is 0 Å². The highest BCUT2D eigenvalue weighted by Crippen LogP contribution is 2.18. The molecule has 0 saturated carbocycles. The number of amides is 1. The van der Waals surface area contributed by atoms with E-state index >= 15 is 0 Å². The summed E-state index contributed by atoms with van der Waals surface area (Å²) in [6, 6.07) is 18.1. The van der Waals surface area contributed by atoms with Crippen molar-refractivity contribution in [3.8, 4) is 0 Å². The zero-order valence-electron chi connectivity index (χ0n) is 13.1. The van der Waals surface area contributed by atoms with Gasteiger partial charge in [0.1, 0.15) is 6.04 Å². The number of hydrogen-bond acceptors (Lipinski definition) is 2. The van der Waals surface area contributed by atoms with Crippen molar-refractivity contribution in [2.45, 2.75) is 31.7 Å². The van der Waals surface area contributed by atoms with Gasteiger partial charge in [-0.1, -0.05) is 67.6 Å². The first-order chi connectivity index (χ1) is 11.1. The van der Waals surface area contributed by atoms with Crippen LogP contribution in [0.1, 0.15) is 30.4 Å². The lowest BCUT2D eigenvalue weighted by molar-refractivity contribution is -0.141. The van der Waals surface area contributed by atoms with Crippen molar-refractivity contribution < 1.29 is 14.7 Å². The first kappa shape index (κ1) is 16.7. The third kappa shape index (κ3) is 5.25. The normalized spacial score (nSPS) is 13.1. The molecule has 0 saturated heterocycles. The highest BCUT2D eigenvalue weighted by molar-refractivity contribution is 5.84. The Morgan fingerprint density at radius 2 is 1.57 bits per heavy atom. The fourth-order valence-electron chi connectivity index (χ4n) is 2.48. The van der Waals surface area contributed by atoms with E-state index in [2.05, 4.69) is 5.32 Å². The Morgan fingerprint density at radius 3 is 2.13 bits per heavy atom. The van der Waals surface area contributed by atoms with Gasteiger partial charge in [0.15, 0.2) is 0 Å². The molecule has 2 unspecified atom stereocenters. The molecule has 1 amide bonds. The van der Waals surface area contributed by atoms with E-state index in [1.807, 2.05) is 67.6 Å². The second-order valence-electron chi connectivity index (χ2n) is 5.66. The van der Waals surface area contributed by atoms with E-state index in [-0.39, 0.29) is 24.7 Å². The van der Waals surface area contributed by atoms with E-state index in [0.717, 1.165) is 11.1 Å². The topological polar surface area (TPSA) is 66.4 Å². The minimum atomic E-state index is -1.02. The van der Waals surface area contributed by atoms with Gasteiger partial charge in [0.05, 0.1) is 0 Å². The first-order valence-corrected chi connectivity index (χ1v) is 7.67. The van der Waals surface area contributed by atoms with Crippen molar-refractivity contribution in [1.29, 1.82) is 0 Å². The lowest BCUT2D eigenvalue weighted by Crippen LogP contribution is -2.42. The van der Waals surface area contributed by atoms with Crippen molar-refractivity contribution >= 4 is 11.9 Å². The zero-order chi connectivity index (χ0) is 16.7. The van der Waals surface area contributed by atoms with Gasteiger partial charge in [-0.25, -0.2) is 4.79 Å². The maximum Gasteiger partial charge on any atom is 0.326 e. The highest BCUT2D eigenvalue weighted by atomic mass is 16.4. The number of carboxylic acids is 1. The van der Waals surface area contributed by atoms with Crippen molar-refractivity contribution in [2.75, 3.05) is 0 Å². The Bertz CT molecular complexity index is 640. The Kier molecular flexibility index (Phi) is 5.92. The van der Waals surface area contributed by atoms with Crippen LogP contribution in [-0.4, -0.2) is 23.0 Å². The average molecular weight is 311 g/mol. The van der Waals surface area contributed by atoms with E-state index in [4.69, 9.17) is 0 Å². The van der Waals surface area contributed by atoms with E-state index in [1.165, 1.54) is 0 Å². The summed E-state index contributed by atoms with van der Waals surface area (Å²) in [5, 5.41) is 11.9. The monoisotopic (exact) mass is 311 g/mol. The van der Waals surface area contributed by atoms with Gasteiger partial charge in [-0.3, -0.25) is 4.79 Å². The molecule has 2 rings (SSSR count). The Balaban J connectivity index is 1.94. The van der Waals surface area contributed by atoms with Crippen LogP contribution in [0.25, 0.3) is 0 Å². The van der Waals surface area contributed by atoms with Gasteiger partial charge in [0.25, 0.3) is 0 Å². The SMILES string of the molecule is CC(CC(=O)NC(Cc1ccccc1)C(=O)O)c1ccccc1. The minimum absolute atomic E-state index is 0.0439. The van der Waals surface area contributed by atoms with Crippen molar-refractivity contribution in [3.05, 3.63) is 71.8 Å². The second-order valence-corrected chi connectivity index (χ2v) is 5.66. The number of hydrogen-bond donors (Lipinski definition) is 2. The van der Waals surface area contributed by atoms with Gasteiger partial charge in [0.2, 0.25) is 5.91 Å². The Morgan fingerprint density at radius 1 is 1.00 bits per heavy atom. The molecule has 2 N–H and O–H groups in total. The standard InChI is InChI=1S/C19H21NO3/c1-14(16-10-6-3-7-11-16)12-18(21)20-17(19(22)23)13-15-8-4-2-5-9-15/h2-11,14,17H,12-13H2,1H3,(H,20,21)(H,22,23). The van der Waals surface area contributed by atoms with Gasteiger partial charge in [-0.05, 0) is 17.0 Å². The molecule has 120 valence electrons. The maximum atomic E-state index is 12.2.